The Balaban J connectivity index is 2.61. The van der Waals surface area contributed by atoms with Gasteiger partial charge >= 0.3 is 0 Å². The molecule has 0 amide bonds. The summed E-state index contributed by atoms with van der Waals surface area (Å²) in [7, 11) is -1.02. The van der Waals surface area contributed by atoms with Crippen molar-refractivity contribution in [2.45, 2.75) is 19.9 Å². The number of aryl methyl sites for hydroxylation is 2. The third kappa shape index (κ3) is 5.72. The average molecular weight is 284 g/mol. The smallest absolute Gasteiger partial charge is 0.148 e. The molecule has 1 rings (SSSR count). The molecular formula is C14H24N2O2S. The molecule has 0 aliphatic heterocycles. The van der Waals surface area contributed by atoms with Gasteiger partial charge in [0, 0.05) is 25.4 Å². The van der Waals surface area contributed by atoms with Gasteiger partial charge in [-0.2, -0.15) is 0 Å². The van der Waals surface area contributed by atoms with Crippen molar-refractivity contribution in [3.8, 4) is 0 Å². The van der Waals surface area contributed by atoms with E-state index >= 15 is 0 Å². The number of likely N-dealkylation sites (N-methyl/N-ethyl adjacent to an activating group) is 1. The molecule has 1 aromatic carbocycles. The first-order chi connectivity index (χ1) is 8.69. The van der Waals surface area contributed by atoms with Gasteiger partial charge in [0.25, 0.3) is 0 Å². The fourth-order valence-corrected chi connectivity index (χ4v) is 2.73. The zero-order valence-corrected chi connectivity index (χ0v) is 13.0. The molecule has 0 spiro atoms. The molecule has 5 heteroatoms. The summed E-state index contributed by atoms with van der Waals surface area (Å²) >= 11 is 0. The molecule has 2 N–H and O–H groups in total. The summed E-state index contributed by atoms with van der Waals surface area (Å²) in [6.07, 6.45) is 1.25. The van der Waals surface area contributed by atoms with E-state index in [1.54, 1.807) is 0 Å². The first kappa shape index (κ1) is 16.1. The highest BCUT2D eigenvalue weighted by atomic mass is 32.2. The van der Waals surface area contributed by atoms with Crippen LogP contribution in [0, 0.1) is 13.8 Å². The molecule has 108 valence electrons. The highest BCUT2D eigenvalue weighted by Crippen LogP contribution is 2.17. The van der Waals surface area contributed by atoms with Gasteiger partial charge in [0.2, 0.25) is 0 Å². The van der Waals surface area contributed by atoms with Crippen molar-refractivity contribution in [2.24, 2.45) is 5.73 Å². The van der Waals surface area contributed by atoms with Crippen LogP contribution < -0.4 is 5.73 Å². The molecule has 0 radical (unpaired) electrons. The molecule has 4 nitrogen and oxygen atoms in total. The Bertz CT molecular complexity index is 526. The van der Waals surface area contributed by atoms with Gasteiger partial charge in [-0.1, -0.05) is 23.8 Å². The van der Waals surface area contributed by atoms with Crippen molar-refractivity contribution in [1.82, 2.24) is 4.90 Å². The minimum Gasteiger partial charge on any atom is -0.323 e. The quantitative estimate of drug-likeness (QED) is 0.855. The van der Waals surface area contributed by atoms with Crippen LogP contribution in [0.3, 0.4) is 0 Å². The van der Waals surface area contributed by atoms with Crippen LogP contribution in [0.5, 0.6) is 0 Å². The van der Waals surface area contributed by atoms with Crippen molar-refractivity contribution in [3.05, 3.63) is 34.9 Å². The van der Waals surface area contributed by atoms with Crippen LogP contribution in [-0.2, 0) is 9.84 Å². The van der Waals surface area contributed by atoms with Crippen LogP contribution in [0.1, 0.15) is 22.7 Å². The van der Waals surface area contributed by atoms with Crippen LogP contribution in [0.4, 0.5) is 0 Å². The van der Waals surface area contributed by atoms with E-state index in [4.69, 9.17) is 5.73 Å². The lowest BCUT2D eigenvalue weighted by molar-refractivity contribution is 0.329. The van der Waals surface area contributed by atoms with E-state index in [0.717, 1.165) is 5.56 Å². The van der Waals surface area contributed by atoms with Crippen molar-refractivity contribution in [1.29, 1.82) is 0 Å². The van der Waals surface area contributed by atoms with E-state index in [2.05, 4.69) is 32.0 Å². The zero-order valence-electron chi connectivity index (χ0n) is 12.2. The Morgan fingerprint density at radius 3 is 2.47 bits per heavy atom. The zero-order chi connectivity index (χ0) is 14.6. The third-order valence-electron chi connectivity index (χ3n) is 3.18. The molecule has 0 saturated heterocycles. The molecule has 19 heavy (non-hydrogen) atoms. The lowest BCUT2D eigenvalue weighted by atomic mass is 9.99. The maximum absolute atomic E-state index is 11.1. The topological polar surface area (TPSA) is 63.4 Å². The lowest BCUT2D eigenvalue weighted by Crippen LogP contribution is -2.32. The van der Waals surface area contributed by atoms with E-state index in [9.17, 15) is 8.42 Å². The Kier molecular flexibility index (Phi) is 5.52. The molecule has 0 aromatic heterocycles. The number of rotatable bonds is 6. The third-order valence-corrected chi connectivity index (χ3v) is 4.10. The highest BCUT2D eigenvalue weighted by molar-refractivity contribution is 7.90. The first-order valence-corrected chi connectivity index (χ1v) is 8.44. The van der Waals surface area contributed by atoms with Crippen molar-refractivity contribution < 1.29 is 8.42 Å². The van der Waals surface area contributed by atoms with Crippen molar-refractivity contribution in [2.75, 3.05) is 32.1 Å². The maximum atomic E-state index is 11.1. The van der Waals surface area contributed by atoms with E-state index in [0.29, 0.717) is 13.1 Å². The van der Waals surface area contributed by atoms with Crippen LogP contribution in [0.2, 0.25) is 0 Å². The van der Waals surface area contributed by atoms with E-state index in [1.165, 1.54) is 17.4 Å². The molecule has 1 unspecified atom stereocenters. The summed E-state index contributed by atoms with van der Waals surface area (Å²) in [6, 6.07) is 6.13. The van der Waals surface area contributed by atoms with E-state index in [-0.39, 0.29) is 11.8 Å². The minimum atomic E-state index is -2.92. The summed E-state index contributed by atoms with van der Waals surface area (Å²) in [6.45, 7) is 5.27. The summed E-state index contributed by atoms with van der Waals surface area (Å²) < 4.78 is 22.3. The van der Waals surface area contributed by atoms with Gasteiger partial charge < -0.3 is 10.6 Å². The molecule has 0 aliphatic rings. The molecule has 0 heterocycles. The number of benzene rings is 1. The second kappa shape index (κ2) is 6.50. The van der Waals surface area contributed by atoms with Crippen molar-refractivity contribution >= 4 is 9.84 Å². The standard InChI is InChI=1S/C14H24N2O2S/c1-11-5-6-13(12(2)9-11)14(15)10-16(3)7-8-19(4,17)18/h5-6,9,14H,7-8,10,15H2,1-4H3. The second-order valence-electron chi connectivity index (χ2n) is 5.36. The summed E-state index contributed by atoms with van der Waals surface area (Å²) in [5.74, 6) is 0.170. The minimum absolute atomic E-state index is 0.0924. The molecule has 0 aliphatic carbocycles. The van der Waals surface area contributed by atoms with Gasteiger partial charge in [0.05, 0.1) is 5.75 Å². The van der Waals surface area contributed by atoms with Gasteiger partial charge in [0.15, 0.2) is 0 Å². The van der Waals surface area contributed by atoms with Gasteiger partial charge in [-0.05, 0) is 32.0 Å². The van der Waals surface area contributed by atoms with Gasteiger partial charge in [-0.3, -0.25) is 0 Å². The van der Waals surface area contributed by atoms with E-state index in [1.807, 2.05) is 11.9 Å². The fraction of sp³-hybridized carbons (Fsp3) is 0.571. The Morgan fingerprint density at radius 2 is 1.95 bits per heavy atom. The summed E-state index contributed by atoms with van der Waals surface area (Å²) in [5.41, 5.74) is 9.72. The Hall–Kier alpha value is -0.910. The summed E-state index contributed by atoms with van der Waals surface area (Å²) in [5, 5.41) is 0. The van der Waals surface area contributed by atoms with Gasteiger partial charge in [-0.25, -0.2) is 8.42 Å². The first-order valence-electron chi connectivity index (χ1n) is 6.38. The number of hydrogen-bond acceptors (Lipinski definition) is 4. The van der Waals surface area contributed by atoms with E-state index < -0.39 is 9.84 Å². The molecule has 0 fully saturated rings. The SMILES string of the molecule is Cc1ccc(C(N)CN(C)CCS(C)(=O)=O)c(C)c1. The van der Waals surface area contributed by atoms with Crippen LogP contribution in [0.15, 0.2) is 18.2 Å². The predicted octanol–water partition coefficient (Wildman–Crippen LogP) is 1.28. The largest absolute Gasteiger partial charge is 0.323 e. The van der Waals surface area contributed by atoms with Crippen LogP contribution >= 0.6 is 0 Å². The number of nitrogens with zero attached hydrogens (tertiary/aromatic N) is 1. The number of hydrogen-bond donors (Lipinski definition) is 1. The lowest BCUT2D eigenvalue weighted by Gasteiger charge is -2.22. The Morgan fingerprint density at radius 1 is 1.32 bits per heavy atom. The fourth-order valence-electron chi connectivity index (χ4n) is 2.09. The van der Waals surface area contributed by atoms with Gasteiger partial charge in [0.1, 0.15) is 9.84 Å². The number of nitrogens with two attached hydrogens (primary N) is 1. The van der Waals surface area contributed by atoms with Gasteiger partial charge in [-0.15, -0.1) is 0 Å². The van der Waals surface area contributed by atoms with Crippen LogP contribution in [-0.4, -0.2) is 45.5 Å². The molecular weight excluding hydrogens is 260 g/mol. The molecule has 0 saturated carbocycles. The molecule has 0 bridgehead atoms. The maximum Gasteiger partial charge on any atom is 0.148 e. The predicted molar refractivity (Wildman–Crippen MR) is 80.1 cm³/mol. The van der Waals surface area contributed by atoms with Crippen molar-refractivity contribution in [3.63, 3.8) is 0 Å². The number of sulfone groups is 1. The summed E-state index contributed by atoms with van der Waals surface area (Å²) in [4.78, 5) is 1.96. The molecule has 1 atom stereocenters. The Labute approximate surface area is 116 Å². The highest BCUT2D eigenvalue weighted by Gasteiger charge is 2.13. The monoisotopic (exact) mass is 284 g/mol. The molecule has 1 aromatic rings. The average Bonchev–Trinajstić information content (AvgIpc) is 2.25. The second-order valence-corrected chi connectivity index (χ2v) is 7.62. The normalized spacial score (nSPS) is 13.8. The van der Waals surface area contributed by atoms with Crippen LogP contribution in [0.25, 0.3) is 0 Å².